The van der Waals surface area contributed by atoms with Crippen molar-refractivity contribution in [2.24, 2.45) is 0 Å². The smallest absolute Gasteiger partial charge is 0.282 e. The number of hydrogen-bond acceptors (Lipinski definition) is 4. The summed E-state index contributed by atoms with van der Waals surface area (Å²) in [7, 11) is 0. The summed E-state index contributed by atoms with van der Waals surface area (Å²) in [4.78, 5) is 27.3. The van der Waals surface area contributed by atoms with Gasteiger partial charge in [0.05, 0.1) is 22.5 Å². The number of carbonyl (C=O) groups is 1. The van der Waals surface area contributed by atoms with E-state index in [0.717, 1.165) is 17.6 Å². The van der Waals surface area contributed by atoms with Crippen LogP contribution in [0.15, 0.2) is 48.5 Å². The number of benzene rings is 2. The summed E-state index contributed by atoms with van der Waals surface area (Å²) in [6, 6.07) is 13.6. The lowest BCUT2D eigenvalue weighted by Crippen LogP contribution is -2.25. The topological polar surface area (TPSA) is 90.1 Å². The normalized spacial score (nSPS) is 10.7. The van der Waals surface area contributed by atoms with Gasteiger partial charge in [0, 0.05) is 12.6 Å². The van der Waals surface area contributed by atoms with E-state index >= 15 is 0 Å². The molecule has 0 fully saturated rings. The zero-order valence-electron chi connectivity index (χ0n) is 13.1. The van der Waals surface area contributed by atoms with Gasteiger partial charge in [0.1, 0.15) is 11.4 Å². The Kier molecular flexibility index (Phi) is 4.24. The predicted molar refractivity (Wildman–Crippen MR) is 89.7 cm³/mol. The van der Waals surface area contributed by atoms with Gasteiger partial charge >= 0.3 is 0 Å². The summed E-state index contributed by atoms with van der Waals surface area (Å²) in [5, 5.41) is 13.7. The van der Waals surface area contributed by atoms with E-state index in [-0.39, 0.29) is 17.8 Å². The molecule has 0 aliphatic carbocycles. The Morgan fingerprint density at radius 3 is 2.67 bits per heavy atom. The Labute approximate surface area is 138 Å². The number of fused-ring (bicyclic) bond motifs is 1. The number of nitro groups is 1. The van der Waals surface area contributed by atoms with Gasteiger partial charge < -0.3 is 9.88 Å². The minimum Gasteiger partial charge on any atom is -0.345 e. The highest BCUT2D eigenvalue weighted by atomic mass is 16.6. The van der Waals surface area contributed by atoms with Gasteiger partial charge in [-0.25, -0.2) is 4.98 Å². The van der Waals surface area contributed by atoms with Crippen LogP contribution in [0.5, 0.6) is 0 Å². The lowest BCUT2D eigenvalue weighted by molar-refractivity contribution is -0.385. The molecule has 122 valence electrons. The number of amides is 1. The molecule has 1 amide bonds. The lowest BCUT2D eigenvalue weighted by atomic mass is 10.1. The number of nitro benzene ring substituents is 1. The number of aryl methyl sites for hydroxylation is 1. The monoisotopic (exact) mass is 324 g/mol. The number of nitrogens with zero attached hydrogens (tertiary/aromatic N) is 3. The van der Waals surface area contributed by atoms with Gasteiger partial charge in [0.15, 0.2) is 0 Å². The van der Waals surface area contributed by atoms with Crippen LogP contribution in [-0.2, 0) is 13.1 Å². The molecule has 3 rings (SSSR count). The van der Waals surface area contributed by atoms with E-state index in [1.54, 1.807) is 6.07 Å². The Morgan fingerprint density at radius 1 is 1.21 bits per heavy atom. The molecule has 0 saturated heterocycles. The second-order valence-corrected chi connectivity index (χ2v) is 5.22. The molecule has 1 heterocycles. The average molecular weight is 324 g/mol. The Bertz CT molecular complexity index is 917. The van der Waals surface area contributed by atoms with Gasteiger partial charge in [-0.15, -0.1) is 0 Å². The molecule has 7 nitrogen and oxygen atoms in total. The fraction of sp³-hybridized carbons (Fsp3) is 0.176. The van der Waals surface area contributed by atoms with Crippen LogP contribution in [0.1, 0.15) is 23.1 Å². The maximum absolute atomic E-state index is 12.3. The maximum atomic E-state index is 12.3. The molecule has 0 bridgehead atoms. The zero-order chi connectivity index (χ0) is 17.1. The maximum Gasteiger partial charge on any atom is 0.282 e. The lowest BCUT2D eigenvalue weighted by Gasteiger charge is -2.08. The van der Waals surface area contributed by atoms with Gasteiger partial charge in [-0.1, -0.05) is 24.3 Å². The molecule has 0 unspecified atom stereocenters. The molecule has 3 aromatic rings. The van der Waals surface area contributed by atoms with Gasteiger partial charge in [0.25, 0.3) is 11.6 Å². The van der Waals surface area contributed by atoms with Gasteiger partial charge in [-0.3, -0.25) is 14.9 Å². The van der Waals surface area contributed by atoms with E-state index in [9.17, 15) is 14.9 Å². The fourth-order valence-corrected chi connectivity index (χ4v) is 2.69. The molecule has 0 aliphatic rings. The number of para-hydroxylation sites is 3. The van der Waals surface area contributed by atoms with E-state index in [0.29, 0.717) is 5.82 Å². The molecule has 0 atom stereocenters. The number of nitrogens with one attached hydrogen (secondary N) is 1. The Hall–Kier alpha value is -3.22. The van der Waals surface area contributed by atoms with Crippen molar-refractivity contribution in [1.29, 1.82) is 0 Å². The van der Waals surface area contributed by atoms with Crippen molar-refractivity contribution in [1.82, 2.24) is 14.9 Å². The van der Waals surface area contributed by atoms with Crippen molar-refractivity contribution in [3.8, 4) is 0 Å². The number of hydrogen-bond donors (Lipinski definition) is 1. The van der Waals surface area contributed by atoms with Crippen LogP contribution in [0.2, 0.25) is 0 Å². The third-order valence-corrected chi connectivity index (χ3v) is 3.80. The van der Waals surface area contributed by atoms with Crippen LogP contribution < -0.4 is 5.32 Å². The fourth-order valence-electron chi connectivity index (χ4n) is 2.69. The Morgan fingerprint density at radius 2 is 1.92 bits per heavy atom. The van der Waals surface area contributed by atoms with Crippen LogP contribution in [0.3, 0.4) is 0 Å². The predicted octanol–water partition coefficient (Wildman–Crippen LogP) is 2.89. The van der Waals surface area contributed by atoms with Crippen molar-refractivity contribution in [3.63, 3.8) is 0 Å². The van der Waals surface area contributed by atoms with Crippen LogP contribution in [0.4, 0.5) is 5.69 Å². The van der Waals surface area contributed by atoms with Crippen LogP contribution in [0, 0.1) is 10.1 Å². The minimum atomic E-state index is -0.559. The average Bonchev–Trinajstić information content (AvgIpc) is 2.97. The number of aromatic nitrogens is 2. The molecule has 0 aliphatic heterocycles. The first-order chi connectivity index (χ1) is 11.6. The van der Waals surface area contributed by atoms with Crippen molar-refractivity contribution < 1.29 is 9.72 Å². The number of imidazole rings is 1. The van der Waals surface area contributed by atoms with Crippen molar-refractivity contribution in [2.45, 2.75) is 20.0 Å². The van der Waals surface area contributed by atoms with Gasteiger partial charge in [-0.05, 0) is 25.1 Å². The highest BCUT2D eigenvalue weighted by Crippen LogP contribution is 2.18. The van der Waals surface area contributed by atoms with Crippen LogP contribution >= 0.6 is 0 Å². The largest absolute Gasteiger partial charge is 0.345 e. The first-order valence-electron chi connectivity index (χ1n) is 7.57. The molecule has 0 spiro atoms. The van der Waals surface area contributed by atoms with Crippen molar-refractivity contribution >= 4 is 22.6 Å². The third-order valence-electron chi connectivity index (χ3n) is 3.80. The summed E-state index contributed by atoms with van der Waals surface area (Å²) in [5.41, 5.74) is 1.69. The molecule has 1 aromatic heterocycles. The van der Waals surface area contributed by atoms with E-state index in [1.807, 2.05) is 35.8 Å². The zero-order valence-corrected chi connectivity index (χ0v) is 13.1. The van der Waals surface area contributed by atoms with Crippen LogP contribution in [0.25, 0.3) is 11.0 Å². The quantitative estimate of drug-likeness (QED) is 0.577. The molecule has 1 N–H and O–H groups in total. The summed E-state index contributed by atoms with van der Waals surface area (Å²) in [6.45, 7) is 2.92. The summed E-state index contributed by atoms with van der Waals surface area (Å²) < 4.78 is 2.01. The molecule has 24 heavy (non-hydrogen) atoms. The van der Waals surface area contributed by atoms with E-state index in [4.69, 9.17) is 0 Å². The van der Waals surface area contributed by atoms with Gasteiger partial charge in [-0.2, -0.15) is 0 Å². The van der Waals surface area contributed by atoms with Crippen molar-refractivity contribution in [3.05, 3.63) is 70.0 Å². The van der Waals surface area contributed by atoms with Crippen molar-refractivity contribution in [2.75, 3.05) is 0 Å². The first kappa shape index (κ1) is 15.7. The van der Waals surface area contributed by atoms with E-state index < -0.39 is 10.8 Å². The highest BCUT2D eigenvalue weighted by Gasteiger charge is 2.19. The second kappa shape index (κ2) is 6.49. The molecule has 0 radical (unpaired) electrons. The summed E-state index contributed by atoms with van der Waals surface area (Å²) in [5.74, 6) is 0.225. The molecular formula is C17H16N4O3. The van der Waals surface area contributed by atoms with Gasteiger partial charge in [0.2, 0.25) is 0 Å². The highest BCUT2D eigenvalue weighted by molar-refractivity contribution is 5.98. The standard InChI is InChI=1S/C17H16N4O3/c1-2-20-15-10-6-4-8-13(15)19-16(20)11-18-17(22)12-7-3-5-9-14(12)21(23)24/h3-10H,2,11H2,1H3,(H,18,22). The summed E-state index contributed by atoms with van der Waals surface area (Å²) >= 11 is 0. The number of rotatable bonds is 5. The van der Waals surface area contributed by atoms with E-state index in [2.05, 4.69) is 10.3 Å². The SMILES string of the molecule is CCn1c(CNC(=O)c2ccccc2[N+](=O)[O-])nc2ccccc21. The molecular weight excluding hydrogens is 308 g/mol. The number of carbonyl (C=O) groups excluding carboxylic acids is 1. The summed E-state index contributed by atoms with van der Waals surface area (Å²) in [6.07, 6.45) is 0. The third kappa shape index (κ3) is 2.83. The Balaban J connectivity index is 1.84. The van der Waals surface area contributed by atoms with E-state index in [1.165, 1.54) is 18.2 Å². The molecule has 2 aromatic carbocycles. The minimum absolute atomic E-state index is 0.0432. The first-order valence-corrected chi connectivity index (χ1v) is 7.57. The molecule has 0 saturated carbocycles. The second-order valence-electron chi connectivity index (χ2n) is 5.22. The van der Waals surface area contributed by atoms with Crippen LogP contribution in [-0.4, -0.2) is 20.4 Å². The molecule has 7 heteroatoms.